The van der Waals surface area contributed by atoms with Crippen LogP contribution >= 0.6 is 11.3 Å². The average molecular weight is 457 g/mol. The van der Waals surface area contributed by atoms with E-state index in [1.54, 1.807) is 22.2 Å². The molecule has 8 nitrogen and oxygen atoms in total. The highest BCUT2D eigenvalue weighted by atomic mass is 32.1. The Hall–Kier alpha value is -4.00. The van der Waals surface area contributed by atoms with Gasteiger partial charge in [-0.05, 0) is 30.7 Å². The van der Waals surface area contributed by atoms with Crippen molar-refractivity contribution in [3.05, 3.63) is 64.2 Å². The summed E-state index contributed by atoms with van der Waals surface area (Å²) in [5.74, 6) is 0.454. The predicted octanol–water partition coefficient (Wildman–Crippen LogP) is 3.93. The molecule has 2 aromatic carbocycles. The lowest BCUT2D eigenvalue weighted by molar-refractivity contribution is 0.344. The quantitative estimate of drug-likeness (QED) is 0.413. The van der Waals surface area contributed by atoms with E-state index < -0.39 is 0 Å². The number of aromatic nitrogens is 4. The molecule has 0 fully saturated rings. The number of nitriles is 1. The maximum Gasteiger partial charge on any atom is 0.275 e. The molecule has 33 heavy (non-hydrogen) atoms. The zero-order valence-corrected chi connectivity index (χ0v) is 18.9. The minimum atomic E-state index is -0.333. The minimum absolute atomic E-state index is 0.164. The highest BCUT2D eigenvalue weighted by molar-refractivity contribution is 7.22. The molecule has 5 aromatic rings. The van der Waals surface area contributed by atoms with Crippen LogP contribution in [0.25, 0.3) is 42.6 Å². The molecule has 5 rings (SSSR count). The van der Waals surface area contributed by atoms with Crippen LogP contribution in [0.1, 0.15) is 18.2 Å². The molecule has 0 aliphatic heterocycles. The molecular formula is C24H20N6O2S. The molecule has 9 heteroatoms. The number of nitrogens with two attached hydrogens (primary N) is 1. The van der Waals surface area contributed by atoms with Crippen LogP contribution in [0.3, 0.4) is 0 Å². The lowest BCUT2D eigenvalue weighted by Gasteiger charge is -2.12. The van der Waals surface area contributed by atoms with E-state index in [2.05, 4.69) is 21.4 Å². The molecule has 0 saturated carbocycles. The number of nitrogens with zero attached hydrogens (tertiary/aromatic N) is 4. The molecule has 164 valence electrons. The summed E-state index contributed by atoms with van der Waals surface area (Å²) in [5.41, 5.74) is 9.21. The van der Waals surface area contributed by atoms with Crippen LogP contribution in [0.15, 0.2) is 47.4 Å². The van der Waals surface area contributed by atoms with Gasteiger partial charge in [-0.2, -0.15) is 15.5 Å². The van der Waals surface area contributed by atoms with E-state index in [1.165, 1.54) is 0 Å². The second-order valence-electron chi connectivity index (χ2n) is 7.48. The van der Waals surface area contributed by atoms with Crippen molar-refractivity contribution in [2.75, 3.05) is 6.61 Å². The van der Waals surface area contributed by atoms with E-state index in [-0.39, 0.29) is 12.1 Å². The van der Waals surface area contributed by atoms with Crippen LogP contribution < -0.4 is 16.0 Å². The third-order valence-electron chi connectivity index (χ3n) is 5.60. The third kappa shape index (κ3) is 3.28. The fourth-order valence-corrected chi connectivity index (χ4v) is 5.38. The van der Waals surface area contributed by atoms with Gasteiger partial charge in [0.25, 0.3) is 5.56 Å². The summed E-state index contributed by atoms with van der Waals surface area (Å²) in [7, 11) is 1.85. The largest absolute Gasteiger partial charge is 0.493 e. The summed E-state index contributed by atoms with van der Waals surface area (Å²) in [6.45, 7) is 2.42. The Morgan fingerprint density at radius 3 is 2.85 bits per heavy atom. The summed E-state index contributed by atoms with van der Waals surface area (Å²) >= 11 is 1.56. The van der Waals surface area contributed by atoms with E-state index in [0.717, 1.165) is 31.8 Å². The van der Waals surface area contributed by atoms with Crippen molar-refractivity contribution in [1.29, 1.82) is 5.26 Å². The number of hydrogen-bond donors (Lipinski definition) is 2. The Bertz CT molecular complexity index is 1620. The van der Waals surface area contributed by atoms with Crippen LogP contribution in [-0.4, -0.2) is 26.6 Å². The van der Waals surface area contributed by atoms with Gasteiger partial charge in [0, 0.05) is 34.6 Å². The van der Waals surface area contributed by atoms with E-state index >= 15 is 0 Å². The van der Waals surface area contributed by atoms with Crippen molar-refractivity contribution in [2.45, 2.75) is 13.5 Å². The number of aryl methyl sites for hydroxylation is 1. The van der Waals surface area contributed by atoms with Crippen molar-refractivity contribution >= 4 is 32.2 Å². The first kappa shape index (κ1) is 20.9. The molecule has 0 spiro atoms. The molecular weight excluding hydrogens is 436 g/mol. The van der Waals surface area contributed by atoms with Crippen molar-refractivity contribution in [1.82, 2.24) is 20.0 Å². The summed E-state index contributed by atoms with van der Waals surface area (Å²) in [6.07, 6.45) is 1.76. The van der Waals surface area contributed by atoms with E-state index in [1.807, 2.05) is 50.4 Å². The third-order valence-corrected chi connectivity index (χ3v) is 6.78. The molecule has 0 saturated heterocycles. The van der Waals surface area contributed by atoms with Gasteiger partial charge in [0.05, 0.1) is 40.0 Å². The average Bonchev–Trinajstić information content (AvgIpc) is 3.38. The molecule has 0 radical (unpaired) electrons. The summed E-state index contributed by atoms with van der Waals surface area (Å²) < 4.78 is 8.64. The Labute approximate surface area is 192 Å². The molecule has 3 aromatic heterocycles. The fourth-order valence-electron chi connectivity index (χ4n) is 4.13. The predicted molar refractivity (Wildman–Crippen MR) is 129 cm³/mol. The number of ether oxygens (including phenoxy) is 1. The number of H-pyrrole nitrogens is 1. The number of hydrogen-bond acceptors (Lipinski definition) is 7. The number of fused-ring (bicyclic) bond motifs is 2. The molecule has 3 heterocycles. The number of nitrogens with one attached hydrogen (secondary N) is 1. The zero-order valence-electron chi connectivity index (χ0n) is 18.0. The van der Waals surface area contributed by atoms with Gasteiger partial charge in [-0.25, -0.2) is 5.10 Å². The smallest absolute Gasteiger partial charge is 0.275 e. The summed E-state index contributed by atoms with van der Waals surface area (Å²) in [5, 5.41) is 23.1. The Morgan fingerprint density at radius 2 is 2.09 bits per heavy atom. The molecule has 0 atom stereocenters. The maximum absolute atomic E-state index is 12.6. The van der Waals surface area contributed by atoms with E-state index in [4.69, 9.17) is 10.5 Å². The highest BCUT2D eigenvalue weighted by Crippen LogP contribution is 2.43. The van der Waals surface area contributed by atoms with Gasteiger partial charge in [-0.3, -0.25) is 9.48 Å². The maximum atomic E-state index is 12.6. The van der Waals surface area contributed by atoms with Gasteiger partial charge in [0.15, 0.2) is 0 Å². The number of aromatic amines is 1. The lowest BCUT2D eigenvalue weighted by atomic mass is 9.99. The van der Waals surface area contributed by atoms with Crippen molar-refractivity contribution in [3.8, 4) is 33.5 Å². The van der Waals surface area contributed by atoms with Crippen LogP contribution in [0, 0.1) is 11.3 Å². The molecule has 0 amide bonds. The van der Waals surface area contributed by atoms with Gasteiger partial charge < -0.3 is 10.5 Å². The van der Waals surface area contributed by atoms with Crippen molar-refractivity contribution < 1.29 is 4.74 Å². The second kappa shape index (κ2) is 8.16. The van der Waals surface area contributed by atoms with Gasteiger partial charge in [0.2, 0.25) is 0 Å². The molecule has 0 aliphatic rings. The lowest BCUT2D eigenvalue weighted by Crippen LogP contribution is -2.14. The minimum Gasteiger partial charge on any atom is -0.493 e. The molecule has 0 bridgehead atoms. The first-order valence-electron chi connectivity index (χ1n) is 10.4. The molecule has 3 N–H and O–H groups in total. The zero-order chi connectivity index (χ0) is 23.1. The summed E-state index contributed by atoms with van der Waals surface area (Å²) in [4.78, 5) is 13.4. The number of benzene rings is 2. The first-order chi connectivity index (χ1) is 16.1. The molecule has 0 unspecified atom stereocenters. The van der Waals surface area contributed by atoms with Crippen molar-refractivity contribution in [3.63, 3.8) is 0 Å². The highest BCUT2D eigenvalue weighted by Gasteiger charge is 2.22. The van der Waals surface area contributed by atoms with Gasteiger partial charge >= 0.3 is 0 Å². The SMILES string of the molecule is CCOc1cc(-c2cnn(C)c2-c2sc3ccccc3c2C#N)cc2c(CN)n[nH]c(=O)c12. The van der Waals surface area contributed by atoms with Crippen LogP contribution in [0.5, 0.6) is 5.75 Å². The summed E-state index contributed by atoms with van der Waals surface area (Å²) in [6, 6.07) is 14.0. The number of rotatable bonds is 5. The monoisotopic (exact) mass is 456 g/mol. The normalized spacial score (nSPS) is 11.2. The van der Waals surface area contributed by atoms with E-state index in [0.29, 0.717) is 34.4 Å². The van der Waals surface area contributed by atoms with Gasteiger partial charge in [0.1, 0.15) is 11.8 Å². The van der Waals surface area contributed by atoms with Crippen LogP contribution in [-0.2, 0) is 13.6 Å². The van der Waals surface area contributed by atoms with Crippen LogP contribution in [0.2, 0.25) is 0 Å². The van der Waals surface area contributed by atoms with E-state index in [9.17, 15) is 10.1 Å². The van der Waals surface area contributed by atoms with Crippen molar-refractivity contribution in [2.24, 2.45) is 12.8 Å². The fraction of sp³-hybridized carbons (Fsp3) is 0.167. The standard InChI is InChI=1S/C24H20N6O2S/c1-3-32-19-9-13(8-15-18(11-26)28-29-24(31)21(15)19)17-12-27-30(2)22(17)23-16(10-25)14-6-4-5-7-20(14)33-23/h4-9,12H,3,11,26H2,1-2H3,(H,29,31). The van der Waals surface area contributed by atoms with Gasteiger partial charge in [-0.1, -0.05) is 18.2 Å². The topological polar surface area (TPSA) is 123 Å². The Kier molecular flexibility index (Phi) is 5.17. The van der Waals surface area contributed by atoms with Gasteiger partial charge in [-0.15, -0.1) is 11.3 Å². The second-order valence-corrected chi connectivity index (χ2v) is 8.53. The Morgan fingerprint density at radius 1 is 1.27 bits per heavy atom. The number of thiophene rings is 1. The first-order valence-corrected chi connectivity index (χ1v) is 11.2. The Balaban J connectivity index is 1.83. The molecule has 0 aliphatic carbocycles. The van der Waals surface area contributed by atoms with Crippen LogP contribution in [0.4, 0.5) is 0 Å².